The van der Waals surface area contributed by atoms with Gasteiger partial charge in [-0.25, -0.2) is 4.39 Å². The highest BCUT2D eigenvalue weighted by Gasteiger charge is 2.26. The van der Waals surface area contributed by atoms with Crippen LogP contribution in [0.2, 0.25) is 0 Å². The fraction of sp³-hybridized carbons (Fsp3) is 0.368. The Hall–Kier alpha value is -1.67. The van der Waals surface area contributed by atoms with Crippen LogP contribution in [0, 0.1) is 11.7 Å². The van der Waals surface area contributed by atoms with Gasteiger partial charge >= 0.3 is 0 Å². The van der Waals surface area contributed by atoms with Gasteiger partial charge in [0.15, 0.2) is 0 Å². The number of hydrogen-bond acceptors (Lipinski definition) is 1. The third kappa shape index (κ3) is 3.33. The minimum Gasteiger partial charge on any atom is -0.303 e. The van der Waals surface area contributed by atoms with Crippen LogP contribution in [0.1, 0.15) is 43.4 Å². The van der Waals surface area contributed by atoms with Crippen molar-refractivity contribution in [3.8, 4) is 0 Å². The molecular formula is C19H22FN. The SMILES string of the molecule is CC(NC(c1ccccc1)c1ccc(F)cc1)C1CCC1. The van der Waals surface area contributed by atoms with Crippen molar-refractivity contribution >= 4 is 0 Å². The molecule has 1 aliphatic rings. The molecule has 0 aliphatic heterocycles. The van der Waals surface area contributed by atoms with Gasteiger partial charge in [-0.3, -0.25) is 0 Å². The van der Waals surface area contributed by atoms with E-state index in [1.54, 1.807) is 12.1 Å². The zero-order chi connectivity index (χ0) is 14.7. The summed E-state index contributed by atoms with van der Waals surface area (Å²) in [6.45, 7) is 2.27. The third-order valence-electron chi connectivity index (χ3n) is 4.62. The summed E-state index contributed by atoms with van der Waals surface area (Å²) < 4.78 is 13.2. The number of halogens is 1. The van der Waals surface area contributed by atoms with Gasteiger partial charge in [0.2, 0.25) is 0 Å². The van der Waals surface area contributed by atoms with E-state index in [4.69, 9.17) is 0 Å². The summed E-state index contributed by atoms with van der Waals surface area (Å²) in [7, 11) is 0. The van der Waals surface area contributed by atoms with Crippen molar-refractivity contribution in [2.75, 3.05) is 0 Å². The Morgan fingerprint density at radius 1 is 0.952 bits per heavy atom. The molecule has 1 aliphatic carbocycles. The van der Waals surface area contributed by atoms with Crippen molar-refractivity contribution < 1.29 is 4.39 Å². The average Bonchev–Trinajstić information content (AvgIpc) is 2.45. The first kappa shape index (κ1) is 14.3. The fourth-order valence-electron chi connectivity index (χ4n) is 3.02. The van der Waals surface area contributed by atoms with E-state index < -0.39 is 0 Å². The maximum Gasteiger partial charge on any atom is 0.123 e. The molecule has 110 valence electrons. The van der Waals surface area contributed by atoms with Crippen LogP contribution >= 0.6 is 0 Å². The quantitative estimate of drug-likeness (QED) is 0.839. The fourth-order valence-corrected chi connectivity index (χ4v) is 3.02. The van der Waals surface area contributed by atoms with Crippen LogP contribution in [0.15, 0.2) is 54.6 Å². The Balaban J connectivity index is 1.85. The highest BCUT2D eigenvalue weighted by Crippen LogP contribution is 2.32. The third-order valence-corrected chi connectivity index (χ3v) is 4.62. The Labute approximate surface area is 126 Å². The monoisotopic (exact) mass is 283 g/mol. The summed E-state index contributed by atoms with van der Waals surface area (Å²) in [6.07, 6.45) is 3.99. The van der Waals surface area contributed by atoms with Gasteiger partial charge in [0, 0.05) is 6.04 Å². The topological polar surface area (TPSA) is 12.0 Å². The van der Waals surface area contributed by atoms with Crippen molar-refractivity contribution in [1.29, 1.82) is 0 Å². The molecule has 0 saturated heterocycles. The first-order chi connectivity index (χ1) is 10.2. The number of nitrogens with one attached hydrogen (secondary N) is 1. The predicted octanol–water partition coefficient (Wildman–Crippen LogP) is 4.69. The van der Waals surface area contributed by atoms with Crippen LogP contribution in [0.3, 0.4) is 0 Å². The lowest BCUT2D eigenvalue weighted by atomic mass is 9.80. The molecule has 2 aromatic rings. The van der Waals surface area contributed by atoms with Crippen molar-refractivity contribution in [2.24, 2.45) is 5.92 Å². The minimum atomic E-state index is -0.183. The molecule has 2 unspecified atom stereocenters. The van der Waals surface area contributed by atoms with Crippen LogP contribution in [-0.4, -0.2) is 6.04 Å². The van der Waals surface area contributed by atoms with E-state index in [1.807, 2.05) is 18.2 Å². The maximum absolute atomic E-state index is 13.2. The first-order valence-corrected chi connectivity index (χ1v) is 7.80. The summed E-state index contributed by atoms with van der Waals surface area (Å²) in [5, 5.41) is 3.75. The summed E-state index contributed by atoms with van der Waals surface area (Å²) in [6, 6.07) is 17.9. The molecule has 0 radical (unpaired) electrons. The summed E-state index contributed by atoms with van der Waals surface area (Å²) >= 11 is 0. The summed E-state index contributed by atoms with van der Waals surface area (Å²) in [5.41, 5.74) is 2.35. The lowest BCUT2D eigenvalue weighted by Gasteiger charge is -2.35. The second kappa shape index (κ2) is 6.40. The molecule has 2 atom stereocenters. The molecule has 0 bridgehead atoms. The molecule has 1 N–H and O–H groups in total. The Bertz CT molecular complexity index is 560. The van der Waals surface area contributed by atoms with E-state index in [1.165, 1.54) is 24.8 Å². The van der Waals surface area contributed by atoms with Crippen LogP contribution in [0.25, 0.3) is 0 Å². The van der Waals surface area contributed by atoms with E-state index >= 15 is 0 Å². The highest BCUT2D eigenvalue weighted by atomic mass is 19.1. The Morgan fingerprint density at radius 2 is 1.57 bits per heavy atom. The van der Waals surface area contributed by atoms with Gasteiger partial charge in [-0.2, -0.15) is 0 Å². The Morgan fingerprint density at radius 3 is 2.14 bits per heavy atom. The molecule has 21 heavy (non-hydrogen) atoms. The Kier molecular flexibility index (Phi) is 4.35. The average molecular weight is 283 g/mol. The second-order valence-corrected chi connectivity index (χ2v) is 6.04. The second-order valence-electron chi connectivity index (χ2n) is 6.04. The lowest BCUT2D eigenvalue weighted by Crippen LogP contribution is -2.39. The normalized spacial score (nSPS) is 18.0. The zero-order valence-electron chi connectivity index (χ0n) is 12.4. The standard InChI is InChI=1S/C19H22FN/c1-14(15-8-5-9-15)21-19(16-6-3-2-4-7-16)17-10-12-18(20)13-11-17/h2-4,6-7,10-15,19,21H,5,8-9H2,1H3. The van der Waals surface area contributed by atoms with Crippen molar-refractivity contribution in [3.05, 3.63) is 71.5 Å². The van der Waals surface area contributed by atoms with Crippen LogP contribution in [0.4, 0.5) is 4.39 Å². The highest BCUT2D eigenvalue weighted by molar-refractivity contribution is 5.32. The van der Waals surface area contributed by atoms with Crippen LogP contribution < -0.4 is 5.32 Å². The van der Waals surface area contributed by atoms with Crippen molar-refractivity contribution in [1.82, 2.24) is 5.32 Å². The molecule has 1 nitrogen and oxygen atoms in total. The predicted molar refractivity (Wildman–Crippen MR) is 84.6 cm³/mol. The van der Waals surface area contributed by atoms with E-state index in [0.717, 1.165) is 11.5 Å². The summed E-state index contributed by atoms with van der Waals surface area (Å²) in [4.78, 5) is 0. The van der Waals surface area contributed by atoms with Gasteiger partial charge in [-0.15, -0.1) is 0 Å². The minimum absolute atomic E-state index is 0.127. The molecule has 1 fully saturated rings. The van der Waals surface area contributed by atoms with Gasteiger partial charge in [0.25, 0.3) is 0 Å². The molecule has 0 aromatic heterocycles. The van der Waals surface area contributed by atoms with Crippen molar-refractivity contribution in [2.45, 2.75) is 38.3 Å². The smallest absolute Gasteiger partial charge is 0.123 e. The first-order valence-electron chi connectivity index (χ1n) is 7.80. The molecule has 0 spiro atoms. The zero-order valence-corrected chi connectivity index (χ0v) is 12.4. The molecule has 2 aromatic carbocycles. The molecule has 2 heteroatoms. The van der Waals surface area contributed by atoms with Gasteiger partial charge < -0.3 is 5.32 Å². The van der Waals surface area contributed by atoms with Gasteiger partial charge in [0.05, 0.1) is 6.04 Å². The van der Waals surface area contributed by atoms with Crippen LogP contribution in [0.5, 0.6) is 0 Å². The molecular weight excluding hydrogens is 261 g/mol. The van der Waals surface area contributed by atoms with Crippen LogP contribution in [-0.2, 0) is 0 Å². The van der Waals surface area contributed by atoms with E-state index in [9.17, 15) is 4.39 Å². The molecule has 0 amide bonds. The number of hydrogen-bond donors (Lipinski definition) is 1. The molecule has 3 rings (SSSR count). The number of rotatable bonds is 5. The lowest BCUT2D eigenvalue weighted by molar-refractivity contribution is 0.233. The summed E-state index contributed by atoms with van der Waals surface area (Å²) in [5.74, 6) is 0.592. The molecule has 1 saturated carbocycles. The maximum atomic E-state index is 13.2. The number of benzene rings is 2. The molecule has 0 heterocycles. The van der Waals surface area contributed by atoms with E-state index in [0.29, 0.717) is 6.04 Å². The van der Waals surface area contributed by atoms with Gasteiger partial charge in [-0.1, -0.05) is 48.9 Å². The van der Waals surface area contributed by atoms with E-state index in [-0.39, 0.29) is 11.9 Å². The van der Waals surface area contributed by atoms with Gasteiger partial charge in [-0.05, 0) is 48.9 Å². The van der Waals surface area contributed by atoms with Crippen molar-refractivity contribution in [3.63, 3.8) is 0 Å². The van der Waals surface area contributed by atoms with Gasteiger partial charge in [0.1, 0.15) is 5.82 Å². The largest absolute Gasteiger partial charge is 0.303 e. The van der Waals surface area contributed by atoms with E-state index in [2.05, 4.69) is 36.5 Å².